The first-order chi connectivity index (χ1) is 13.5. The second-order valence-corrected chi connectivity index (χ2v) is 7.56. The predicted octanol–water partition coefficient (Wildman–Crippen LogP) is 3.44. The molecule has 1 atom stereocenters. The Kier molecular flexibility index (Phi) is 5.35. The van der Waals surface area contributed by atoms with Crippen LogP contribution in [0, 0.1) is 0 Å². The fraction of sp³-hybridized carbons (Fsp3) is 0.333. The molecule has 1 saturated heterocycles. The summed E-state index contributed by atoms with van der Waals surface area (Å²) in [5, 5.41) is 14.9. The number of halogens is 1. The second kappa shape index (κ2) is 7.91. The van der Waals surface area contributed by atoms with Gasteiger partial charge in [-0.2, -0.15) is 0 Å². The Morgan fingerprint density at radius 3 is 2.54 bits per heavy atom. The second-order valence-electron chi connectivity index (χ2n) is 7.12. The number of hydrogen-bond donors (Lipinski definition) is 2. The van der Waals surface area contributed by atoms with Crippen LogP contribution >= 0.6 is 11.6 Å². The minimum Gasteiger partial charge on any atom is -0.384 e. The summed E-state index contributed by atoms with van der Waals surface area (Å²) in [4.78, 5) is 11.8. The van der Waals surface area contributed by atoms with Gasteiger partial charge in [0.2, 0.25) is 0 Å². The van der Waals surface area contributed by atoms with E-state index in [0.717, 1.165) is 35.5 Å². The summed E-state index contributed by atoms with van der Waals surface area (Å²) in [5.74, 6) is 1.44. The highest BCUT2D eigenvalue weighted by atomic mass is 35.5. The van der Waals surface area contributed by atoms with Gasteiger partial charge < -0.3 is 20.1 Å². The van der Waals surface area contributed by atoms with Crippen molar-refractivity contribution in [1.29, 1.82) is 0 Å². The Bertz CT molecular complexity index is 974. The van der Waals surface area contributed by atoms with Crippen LogP contribution in [-0.2, 0) is 10.3 Å². The molecule has 3 aromatic rings. The van der Waals surface area contributed by atoms with Crippen molar-refractivity contribution in [2.75, 3.05) is 43.1 Å². The first-order valence-electron chi connectivity index (χ1n) is 9.35. The van der Waals surface area contributed by atoms with Crippen molar-refractivity contribution in [2.45, 2.75) is 12.5 Å². The molecule has 0 amide bonds. The molecule has 0 radical (unpaired) electrons. The molecule has 2 N–H and O–H groups in total. The zero-order valence-electron chi connectivity index (χ0n) is 15.7. The molecule has 2 heterocycles. The first kappa shape index (κ1) is 18.9. The standard InChI is InChI=1S/C21H23ClN4O2/c1-21(27,15-5-4-6-16(22)13-15)14-23-19-20(26-9-11-28-12-10-26)25-18-8-3-2-7-17(18)24-19/h2-8,13,27H,9-12,14H2,1H3,(H,23,24). The van der Waals surface area contributed by atoms with Gasteiger partial charge in [-0.1, -0.05) is 35.9 Å². The van der Waals surface area contributed by atoms with Gasteiger partial charge in [0, 0.05) is 24.7 Å². The molecule has 1 aliphatic rings. The molecule has 0 spiro atoms. The van der Waals surface area contributed by atoms with E-state index in [-0.39, 0.29) is 6.54 Å². The van der Waals surface area contributed by atoms with E-state index in [1.807, 2.05) is 36.4 Å². The number of aliphatic hydroxyl groups is 1. The van der Waals surface area contributed by atoms with E-state index in [1.54, 1.807) is 19.1 Å². The fourth-order valence-corrected chi connectivity index (χ4v) is 3.48. The van der Waals surface area contributed by atoms with Crippen LogP contribution in [0.25, 0.3) is 11.0 Å². The van der Waals surface area contributed by atoms with Crippen LogP contribution in [0.4, 0.5) is 11.6 Å². The zero-order valence-corrected chi connectivity index (χ0v) is 16.5. The number of morpholine rings is 1. The molecule has 146 valence electrons. The number of aromatic nitrogens is 2. The lowest BCUT2D eigenvalue weighted by Gasteiger charge is -2.30. The lowest BCUT2D eigenvalue weighted by molar-refractivity contribution is 0.0714. The molecule has 7 heteroatoms. The number of ether oxygens (including phenoxy) is 1. The Morgan fingerprint density at radius 2 is 1.82 bits per heavy atom. The number of benzene rings is 2. The molecule has 28 heavy (non-hydrogen) atoms. The van der Waals surface area contributed by atoms with Gasteiger partial charge in [-0.3, -0.25) is 0 Å². The van der Waals surface area contributed by atoms with Crippen molar-refractivity contribution < 1.29 is 9.84 Å². The molecular formula is C21H23ClN4O2. The van der Waals surface area contributed by atoms with Crippen LogP contribution in [-0.4, -0.2) is 47.9 Å². The van der Waals surface area contributed by atoms with Gasteiger partial charge in [-0.05, 0) is 36.8 Å². The molecule has 0 bridgehead atoms. The number of anilines is 2. The van der Waals surface area contributed by atoms with E-state index in [0.29, 0.717) is 24.1 Å². The first-order valence-corrected chi connectivity index (χ1v) is 9.72. The average molecular weight is 399 g/mol. The molecule has 6 nitrogen and oxygen atoms in total. The third-order valence-electron chi connectivity index (χ3n) is 4.91. The Hall–Kier alpha value is -2.41. The highest BCUT2D eigenvalue weighted by Gasteiger charge is 2.25. The van der Waals surface area contributed by atoms with E-state index in [2.05, 4.69) is 10.2 Å². The van der Waals surface area contributed by atoms with Crippen molar-refractivity contribution in [1.82, 2.24) is 9.97 Å². The molecule has 2 aromatic carbocycles. The minimum absolute atomic E-state index is 0.275. The summed E-state index contributed by atoms with van der Waals surface area (Å²) in [5.41, 5.74) is 1.29. The number of para-hydroxylation sites is 2. The Balaban J connectivity index is 1.64. The van der Waals surface area contributed by atoms with E-state index < -0.39 is 5.60 Å². The van der Waals surface area contributed by atoms with Gasteiger partial charge >= 0.3 is 0 Å². The van der Waals surface area contributed by atoms with Crippen LogP contribution < -0.4 is 10.2 Å². The Morgan fingerprint density at radius 1 is 1.11 bits per heavy atom. The van der Waals surface area contributed by atoms with Crippen molar-refractivity contribution in [3.63, 3.8) is 0 Å². The quantitative estimate of drug-likeness (QED) is 0.686. The maximum atomic E-state index is 11.0. The van der Waals surface area contributed by atoms with E-state index in [9.17, 15) is 5.11 Å². The van der Waals surface area contributed by atoms with Gasteiger partial charge in [0.15, 0.2) is 11.6 Å². The smallest absolute Gasteiger partial charge is 0.172 e. The summed E-state index contributed by atoms with van der Waals surface area (Å²) in [6, 6.07) is 15.1. The maximum Gasteiger partial charge on any atom is 0.172 e. The summed E-state index contributed by atoms with van der Waals surface area (Å²) < 4.78 is 5.47. The summed E-state index contributed by atoms with van der Waals surface area (Å²) in [6.07, 6.45) is 0. The van der Waals surface area contributed by atoms with E-state index in [4.69, 9.17) is 26.3 Å². The fourth-order valence-electron chi connectivity index (χ4n) is 3.29. The van der Waals surface area contributed by atoms with Crippen molar-refractivity contribution in [3.8, 4) is 0 Å². The maximum absolute atomic E-state index is 11.0. The van der Waals surface area contributed by atoms with Crippen molar-refractivity contribution in [2.24, 2.45) is 0 Å². The van der Waals surface area contributed by atoms with Crippen molar-refractivity contribution in [3.05, 3.63) is 59.1 Å². The van der Waals surface area contributed by atoms with Gasteiger partial charge in [0.1, 0.15) is 5.60 Å². The van der Waals surface area contributed by atoms with Crippen LogP contribution in [0.5, 0.6) is 0 Å². The van der Waals surface area contributed by atoms with Crippen LogP contribution in [0.1, 0.15) is 12.5 Å². The number of nitrogens with zero attached hydrogens (tertiary/aromatic N) is 3. The molecule has 0 aliphatic carbocycles. The minimum atomic E-state index is -1.11. The summed E-state index contributed by atoms with van der Waals surface area (Å²) in [6.45, 7) is 4.87. The zero-order chi connectivity index (χ0) is 19.6. The largest absolute Gasteiger partial charge is 0.384 e. The third kappa shape index (κ3) is 4.04. The molecular weight excluding hydrogens is 376 g/mol. The summed E-state index contributed by atoms with van der Waals surface area (Å²) in [7, 11) is 0. The molecule has 1 unspecified atom stereocenters. The van der Waals surface area contributed by atoms with Gasteiger partial charge in [-0.25, -0.2) is 9.97 Å². The number of rotatable bonds is 5. The van der Waals surface area contributed by atoms with Gasteiger partial charge in [0.25, 0.3) is 0 Å². The lowest BCUT2D eigenvalue weighted by Crippen LogP contribution is -2.38. The molecule has 0 saturated carbocycles. The SMILES string of the molecule is CC(O)(CNc1nc2ccccc2nc1N1CCOCC1)c1cccc(Cl)c1. The van der Waals surface area contributed by atoms with Crippen molar-refractivity contribution >= 4 is 34.3 Å². The average Bonchev–Trinajstić information content (AvgIpc) is 2.72. The topological polar surface area (TPSA) is 70.5 Å². The Labute approximate surface area is 169 Å². The molecule has 1 aliphatic heterocycles. The highest BCUT2D eigenvalue weighted by Crippen LogP contribution is 2.28. The van der Waals surface area contributed by atoms with Gasteiger partial charge in [-0.15, -0.1) is 0 Å². The summed E-state index contributed by atoms with van der Waals surface area (Å²) >= 11 is 6.09. The monoisotopic (exact) mass is 398 g/mol. The molecule has 1 aromatic heterocycles. The van der Waals surface area contributed by atoms with E-state index in [1.165, 1.54) is 0 Å². The number of fused-ring (bicyclic) bond motifs is 1. The van der Waals surface area contributed by atoms with Crippen LogP contribution in [0.2, 0.25) is 5.02 Å². The predicted molar refractivity (Wildman–Crippen MR) is 112 cm³/mol. The number of nitrogens with one attached hydrogen (secondary N) is 1. The van der Waals surface area contributed by atoms with E-state index >= 15 is 0 Å². The highest BCUT2D eigenvalue weighted by molar-refractivity contribution is 6.30. The van der Waals surface area contributed by atoms with Crippen LogP contribution in [0.15, 0.2) is 48.5 Å². The lowest BCUT2D eigenvalue weighted by atomic mass is 9.96. The van der Waals surface area contributed by atoms with Crippen LogP contribution in [0.3, 0.4) is 0 Å². The molecule has 4 rings (SSSR count). The third-order valence-corrected chi connectivity index (χ3v) is 5.14. The normalized spacial score (nSPS) is 16.8. The molecule has 1 fully saturated rings. The number of hydrogen-bond acceptors (Lipinski definition) is 6. The van der Waals surface area contributed by atoms with Gasteiger partial charge in [0.05, 0.1) is 24.2 Å².